The Kier molecular flexibility index (Phi) is 10.1. The SMILES string of the molecule is CC1=[C-]C(C)C(C)=C1C.[NH-]C(=O)C12CC3CC(CC(F)(C3)C1)C2.[Zr+2].c1ccc([SiH]c2ccccc2)cc1. The van der Waals surface area contributed by atoms with Gasteiger partial charge in [-0.05, 0) is 50.4 Å². The second kappa shape index (κ2) is 12.5. The summed E-state index contributed by atoms with van der Waals surface area (Å²) in [5, 5.41) is 2.90. The number of amides is 1. The number of allylic oxidation sites excluding steroid dienone is 4. The van der Waals surface area contributed by atoms with Gasteiger partial charge in [0.15, 0.2) is 0 Å². The van der Waals surface area contributed by atoms with Gasteiger partial charge < -0.3 is 10.5 Å². The van der Waals surface area contributed by atoms with Crippen molar-refractivity contribution in [2.45, 2.75) is 71.9 Å². The van der Waals surface area contributed by atoms with Crippen molar-refractivity contribution < 1.29 is 35.4 Å². The van der Waals surface area contributed by atoms with Crippen LogP contribution in [0, 0.1) is 29.2 Å². The molecule has 0 saturated heterocycles. The first-order valence-corrected chi connectivity index (χ1v) is 14.4. The van der Waals surface area contributed by atoms with E-state index in [0.29, 0.717) is 37.0 Å². The van der Waals surface area contributed by atoms with Crippen LogP contribution in [-0.4, -0.2) is 21.1 Å². The minimum Gasteiger partial charge on any atom is -0.667 e. The van der Waals surface area contributed by atoms with E-state index in [2.05, 4.69) is 94.4 Å². The number of hydrogen-bond acceptors (Lipinski definition) is 1. The van der Waals surface area contributed by atoms with Gasteiger partial charge in [-0.3, -0.25) is 6.08 Å². The molecule has 0 aromatic heterocycles. The van der Waals surface area contributed by atoms with Crippen molar-refractivity contribution in [3.05, 3.63) is 89.2 Å². The molecule has 2 aromatic rings. The van der Waals surface area contributed by atoms with Crippen LogP contribution < -0.4 is 10.4 Å². The number of nitrogens with one attached hydrogen (secondary N) is 1. The van der Waals surface area contributed by atoms with E-state index in [1.807, 2.05) is 0 Å². The van der Waals surface area contributed by atoms with Gasteiger partial charge in [0, 0.05) is 5.41 Å². The van der Waals surface area contributed by atoms with Gasteiger partial charge in [-0.2, -0.15) is 11.1 Å². The van der Waals surface area contributed by atoms with Gasteiger partial charge >= 0.3 is 26.2 Å². The largest absolute Gasteiger partial charge is 2.00 e. The summed E-state index contributed by atoms with van der Waals surface area (Å²) in [6.07, 6.45) is 7.68. The Bertz CT molecular complexity index is 1080. The molecule has 1 radical (unpaired) electrons. The number of carbonyl (C=O) groups excluding carboxylic acids is 1. The maximum Gasteiger partial charge on any atom is 2.00 e. The molecule has 0 spiro atoms. The van der Waals surface area contributed by atoms with Crippen LogP contribution in [0.2, 0.25) is 0 Å². The molecule has 4 fully saturated rings. The van der Waals surface area contributed by atoms with E-state index >= 15 is 0 Å². The summed E-state index contributed by atoms with van der Waals surface area (Å²) >= 11 is 0. The first-order chi connectivity index (χ1) is 17.1. The van der Waals surface area contributed by atoms with Crippen LogP contribution in [0.5, 0.6) is 0 Å². The summed E-state index contributed by atoms with van der Waals surface area (Å²) in [6, 6.07) is 21.3. The zero-order valence-electron chi connectivity index (χ0n) is 22.6. The zero-order chi connectivity index (χ0) is 25.9. The molecule has 2 nitrogen and oxygen atoms in total. The third-order valence-electron chi connectivity index (χ3n) is 8.64. The first-order valence-electron chi connectivity index (χ1n) is 13.3. The average Bonchev–Trinajstić information content (AvgIpc) is 3.05. The number of halogens is 1. The standard InChI is InChI=1S/C12H11Si.C11H16FNO.C9H13.Zr/c1-3-7-11(8-4-1)13-12-9-5-2-6-10-12;12-11-4-7-1-8(5-11)3-10(2-7,6-11)9(13)14;1-6-5-7(2)9(4)8(6)3;/h1-10,13H;7-8H,1-6H2,(H2,13,14);6H,1-4H3;/q;;-1;+2/p-1. The second-order valence-electron chi connectivity index (χ2n) is 11.5. The fraction of sp³-hybridized carbons (Fsp3) is 0.469. The Morgan fingerprint density at radius 3 is 1.73 bits per heavy atom. The van der Waals surface area contributed by atoms with Gasteiger partial charge in [0.05, 0.1) is 5.91 Å². The van der Waals surface area contributed by atoms with Crippen LogP contribution in [0.3, 0.4) is 0 Å². The fourth-order valence-corrected chi connectivity index (χ4v) is 8.08. The predicted molar refractivity (Wildman–Crippen MR) is 150 cm³/mol. The molecule has 3 unspecified atom stereocenters. The van der Waals surface area contributed by atoms with Crippen molar-refractivity contribution in [1.29, 1.82) is 0 Å². The van der Waals surface area contributed by atoms with Gasteiger partial charge in [-0.25, -0.2) is 9.96 Å². The van der Waals surface area contributed by atoms with E-state index in [4.69, 9.17) is 5.73 Å². The van der Waals surface area contributed by atoms with Crippen LogP contribution in [0.4, 0.5) is 4.39 Å². The van der Waals surface area contributed by atoms with Crippen molar-refractivity contribution in [3.8, 4) is 0 Å². The molecule has 5 aliphatic rings. The summed E-state index contributed by atoms with van der Waals surface area (Å²) in [5.74, 6) is 0.824. The maximum atomic E-state index is 14.3. The number of alkyl halides is 1. The van der Waals surface area contributed by atoms with E-state index in [1.165, 1.54) is 27.1 Å². The van der Waals surface area contributed by atoms with E-state index in [9.17, 15) is 9.18 Å². The molecular weight excluding hydrogens is 553 g/mol. The predicted octanol–water partition coefficient (Wildman–Crippen LogP) is 6.67. The minimum absolute atomic E-state index is 0. The molecule has 37 heavy (non-hydrogen) atoms. The third kappa shape index (κ3) is 7.30. The zero-order valence-corrected chi connectivity index (χ0v) is 26.2. The van der Waals surface area contributed by atoms with Gasteiger partial charge in [0.2, 0.25) is 0 Å². The van der Waals surface area contributed by atoms with Gasteiger partial charge in [-0.15, -0.1) is 6.92 Å². The number of carbonyl (C=O) groups is 1. The Labute approximate surface area is 244 Å². The molecule has 193 valence electrons. The van der Waals surface area contributed by atoms with E-state index in [1.54, 1.807) is 0 Å². The molecule has 5 aliphatic carbocycles. The topological polar surface area (TPSA) is 40.9 Å². The second-order valence-corrected chi connectivity index (χ2v) is 13.1. The van der Waals surface area contributed by atoms with E-state index < -0.39 is 17.0 Å². The quantitative estimate of drug-likeness (QED) is 0.290. The van der Waals surface area contributed by atoms with Gasteiger partial charge in [0.1, 0.15) is 15.2 Å². The van der Waals surface area contributed by atoms with Crippen molar-refractivity contribution in [3.63, 3.8) is 0 Å². The van der Waals surface area contributed by atoms with E-state index in [0.717, 1.165) is 19.3 Å². The van der Waals surface area contributed by atoms with Crippen molar-refractivity contribution in [2.24, 2.45) is 23.2 Å². The minimum atomic E-state index is -1.10. The Morgan fingerprint density at radius 1 is 0.919 bits per heavy atom. The first kappa shape index (κ1) is 30.0. The van der Waals surface area contributed by atoms with Crippen LogP contribution in [0.25, 0.3) is 5.73 Å². The van der Waals surface area contributed by atoms with Crippen molar-refractivity contribution >= 4 is 25.8 Å². The maximum absolute atomic E-state index is 14.3. The van der Waals surface area contributed by atoms with Gasteiger partial charge in [0.25, 0.3) is 0 Å². The molecule has 7 rings (SSSR count). The summed E-state index contributed by atoms with van der Waals surface area (Å²) in [7, 11) is 0.271. The Morgan fingerprint density at radius 2 is 1.41 bits per heavy atom. The van der Waals surface area contributed by atoms with Crippen LogP contribution >= 0.6 is 0 Å². The van der Waals surface area contributed by atoms with Crippen molar-refractivity contribution in [1.82, 2.24) is 0 Å². The van der Waals surface area contributed by atoms with Crippen LogP contribution in [-0.2, 0) is 31.0 Å². The molecular formula is C32H39FNOSiZr. The average molecular weight is 592 g/mol. The number of hydrogen-bond donors (Lipinski definition) is 0. The van der Waals surface area contributed by atoms with Crippen molar-refractivity contribution in [2.75, 3.05) is 0 Å². The number of rotatable bonds is 3. The molecule has 0 heterocycles. The molecule has 1 N–H and O–H groups in total. The molecule has 2 aromatic carbocycles. The van der Waals surface area contributed by atoms with E-state index in [-0.39, 0.29) is 35.7 Å². The number of benzene rings is 2. The summed E-state index contributed by atoms with van der Waals surface area (Å²) in [6.45, 7) is 8.67. The summed E-state index contributed by atoms with van der Waals surface area (Å²) < 4.78 is 14.3. The molecule has 0 aliphatic heterocycles. The van der Waals surface area contributed by atoms with Crippen LogP contribution in [0.15, 0.2) is 77.4 Å². The molecule has 4 saturated carbocycles. The molecule has 4 bridgehead atoms. The van der Waals surface area contributed by atoms with Crippen LogP contribution in [0.1, 0.15) is 66.2 Å². The molecule has 1 amide bonds. The summed E-state index contributed by atoms with van der Waals surface area (Å²) in [4.78, 5) is 11.3. The van der Waals surface area contributed by atoms with Gasteiger partial charge in [-0.1, -0.05) is 97.7 Å². The third-order valence-corrected chi connectivity index (χ3v) is 10.1. The fourth-order valence-electron chi connectivity index (χ4n) is 6.87. The Balaban J connectivity index is 0.000000156. The Hall–Kier alpha value is -1.58. The summed E-state index contributed by atoms with van der Waals surface area (Å²) in [5.41, 5.74) is 9.90. The molecule has 3 atom stereocenters. The smallest absolute Gasteiger partial charge is 0.667 e. The monoisotopic (exact) mass is 590 g/mol. The molecule has 5 heteroatoms. The normalized spacial score (nSPS) is 30.8.